The fraction of sp³-hybridized carbons (Fsp3) is 0.0242. The van der Waals surface area contributed by atoms with Crippen LogP contribution in [-0.4, -0.2) is 44.9 Å². The average molecular weight is 1740 g/mol. The highest BCUT2D eigenvalue weighted by atomic mass is 32.1. The topological polar surface area (TPSA) is 129 Å². The van der Waals surface area contributed by atoms with Gasteiger partial charge in [0.2, 0.25) is 0 Å². The van der Waals surface area contributed by atoms with Gasteiger partial charge in [-0.2, -0.15) is 0 Å². The molecular formula is C124H77N9OS. The van der Waals surface area contributed by atoms with Gasteiger partial charge in [0.1, 0.15) is 11.2 Å². The van der Waals surface area contributed by atoms with Crippen molar-refractivity contribution in [3.8, 4) is 114 Å². The summed E-state index contributed by atoms with van der Waals surface area (Å²) in [4.78, 5) is 44.6. The highest BCUT2D eigenvalue weighted by Gasteiger charge is 2.36. The summed E-state index contributed by atoms with van der Waals surface area (Å²) in [6.45, 7) is 4.68. The molecule has 0 amide bonds. The minimum atomic E-state index is -0.0233. The van der Waals surface area contributed by atoms with Crippen molar-refractivity contribution in [3.63, 3.8) is 0 Å². The maximum atomic E-state index is 6.50. The largest absolute Gasteiger partial charge is 0.455 e. The number of para-hydroxylation sites is 1. The van der Waals surface area contributed by atoms with Gasteiger partial charge in [0.05, 0.1) is 0 Å². The zero-order valence-electron chi connectivity index (χ0n) is 73.3. The van der Waals surface area contributed by atoms with E-state index < -0.39 is 0 Å². The van der Waals surface area contributed by atoms with Crippen LogP contribution in [0, 0.1) is 0 Å². The lowest BCUT2D eigenvalue weighted by molar-refractivity contribution is 0.661. The molecule has 0 unspecified atom stereocenters. The molecule has 0 atom stereocenters. The first-order valence-electron chi connectivity index (χ1n) is 45.6. The Morgan fingerprint density at radius 3 is 1.02 bits per heavy atom. The fourth-order valence-corrected chi connectivity index (χ4v) is 21.5. The first-order chi connectivity index (χ1) is 66.6. The van der Waals surface area contributed by atoms with Crippen molar-refractivity contribution in [2.75, 3.05) is 0 Å². The molecular weight excluding hydrogens is 1660 g/mol. The van der Waals surface area contributed by atoms with Gasteiger partial charge in [0.15, 0.2) is 52.4 Å². The third-order valence-electron chi connectivity index (χ3n) is 27.0. The molecule has 0 spiro atoms. The van der Waals surface area contributed by atoms with E-state index in [-0.39, 0.29) is 5.41 Å². The standard InChI is InChI=1S/C43H25N3S.C42H29N3.C39H23N3O/c1-2-9-28(10-3-1)41-44-42(31-17-14-26-8-4-5-11-29(26)24-31)46-43(45-41)32-19-20-33-30(25-32)16-15-27-18-21-35-34(39(27)33)22-23-38-40(35)36-12-6-7-13-37(36)47-38;1-42(2)36-16-10-9-15-33(36)35-25-34-30(24-37(35)42)20-18-26-17-19-29-23-31(21-22-32(29)38(26)34)41-44-39(27-11-5-3-6-12-27)43-40(45-41)28-13-7-4-8-14-28;1-3-9-26(10-4-1)37-40-38(27-11-5-2-6-12-27)42-39(41-37)29-20-21-30-28(23-29)18-17-24-15-16-25-19-22-32-31-13-7-8-14-33(31)43-36(32)35(25)34(24)30/h1-25H;3-25H,1-2H3;1-23H. The van der Waals surface area contributed by atoms with E-state index in [2.05, 4.69) is 293 Å². The molecule has 11 heteroatoms. The van der Waals surface area contributed by atoms with E-state index in [9.17, 15) is 0 Å². The maximum absolute atomic E-state index is 6.50. The van der Waals surface area contributed by atoms with E-state index in [1.54, 1.807) is 0 Å². The number of rotatable bonds is 9. The van der Waals surface area contributed by atoms with Gasteiger partial charge in [0.25, 0.3) is 0 Å². The van der Waals surface area contributed by atoms with E-state index in [0.29, 0.717) is 52.4 Å². The van der Waals surface area contributed by atoms with Gasteiger partial charge in [-0.25, -0.2) is 44.9 Å². The summed E-state index contributed by atoms with van der Waals surface area (Å²) < 4.78 is 9.15. The summed E-state index contributed by atoms with van der Waals surface area (Å²) >= 11 is 1.87. The van der Waals surface area contributed by atoms with Gasteiger partial charge in [0, 0.05) is 97.2 Å². The minimum Gasteiger partial charge on any atom is -0.455 e. The van der Waals surface area contributed by atoms with Crippen LogP contribution in [0.25, 0.3) is 263 Å². The Morgan fingerprint density at radius 1 is 0.185 bits per heavy atom. The van der Waals surface area contributed by atoms with Crippen molar-refractivity contribution in [2.24, 2.45) is 0 Å². The molecule has 0 saturated carbocycles. The van der Waals surface area contributed by atoms with E-state index in [1.807, 2.05) is 163 Å². The average Bonchev–Trinajstić information content (AvgIpc) is 1.58. The third kappa shape index (κ3) is 13.6. The van der Waals surface area contributed by atoms with E-state index in [4.69, 9.17) is 49.3 Å². The molecule has 0 bridgehead atoms. The second kappa shape index (κ2) is 32.0. The van der Waals surface area contributed by atoms with E-state index in [1.165, 1.54) is 118 Å². The smallest absolute Gasteiger partial charge is 0.164 e. The molecule has 0 fully saturated rings. The highest BCUT2D eigenvalue weighted by Crippen LogP contribution is 2.52. The number of aromatic nitrogens is 9. The lowest BCUT2D eigenvalue weighted by Gasteiger charge is -2.22. The molecule has 0 N–H and O–H groups in total. The van der Waals surface area contributed by atoms with Gasteiger partial charge in [-0.05, 0) is 180 Å². The van der Waals surface area contributed by atoms with E-state index in [0.717, 1.165) is 104 Å². The fourth-order valence-electron chi connectivity index (χ4n) is 20.4. The van der Waals surface area contributed by atoms with Crippen molar-refractivity contribution in [1.82, 2.24) is 44.9 Å². The molecule has 1 aliphatic carbocycles. The van der Waals surface area contributed by atoms with Crippen LogP contribution in [0.4, 0.5) is 0 Å². The number of hydrogen-bond acceptors (Lipinski definition) is 11. The molecule has 1 aliphatic rings. The first-order valence-corrected chi connectivity index (χ1v) is 46.4. The first kappa shape index (κ1) is 78.5. The quantitative estimate of drug-likeness (QED) is 0.129. The summed E-state index contributed by atoms with van der Waals surface area (Å²) in [5, 5.41) is 29.2. The summed E-state index contributed by atoms with van der Waals surface area (Å²) in [6, 6.07) is 152. The molecule has 22 aromatic carbocycles. The van der Waals surface area contributed by atoms with Crippen LogP contribution in [0.3, 0.4) is 0 Å². The Kier molecular flexibility index (Phi) is 18.6. The predicted octanol–water partition coefficient (Wildman–Crippen LogP) is 32.7. The monoisotopic (exact) mass is 1740 g/mol. The van der Waals surface area contributed by atoms with E-state index >= 15 is 0 Å². The van der Waals surface area contributed by atoms with Gasteiger partial charge in [-0.1, -0.05) is 384 Å². The number of fused-ring (bicyclic) bond motifs is 27. The molecule has 27 aromatic rings. The molecule has 135 heavy (non-hydrogen) atoms. The van der Waals surface area contributed by atoms with Crippen molar-refractivity contribution in [2.45, 2.75) is 19.3 Å². The summed E-state index contributed by atoms with van der Waals surface area (Å²) in [5.41, 5.74) is 15.9. The normalized spacial score (nSPS) is 12.3. The number of thiophene rings is 1. The Bertz CT molecular complexity index is 9430. The van der Waals surface area contributed by atoms with Crippen molar-refractivity contribution in [1.29, 1.82) is 0 Å². The lowest BCUT2D eigenvalue weighted by Crippen LogP contribution is -2.14. The number of nitrogens with zero attached hydrogens (tertiary/aromatic N) is 9. The van der Waals surface area contributed by atoms with Crippen LogP contribution in [-0.2, 0) is 5.41 Å². The second-order valence-corrected chi connectivity index (χ2v) is 36.5. The second-order valence-electron chi connectivity index (χ2n) is 35.4. The Morgan fingerprint density at radius 2 is 0.519 bits per heavy atom. The Labute approximate surface area is 779 Å². The van der Waals surface area contributed by atoms with Gasteiger partial charge >= 0.3 is 0 Å². The van der Waals surface area contributed by atoms with Crippen LogP contribution in [0.15, 0.2) is 435 Å². The zero-order chi connectivity index (χ0) is 89.4. The minimum absolute atomic E-state index is 0.0233. The number of benzene rings is 22. The lowest BCUT2D eigenvalue weighted by atomic mass is 9.81. The molecule has 0 aliphatic heterocycles. The maximum Gasteiger partial charge on any atom is 0.164 e. The Hall–Kier alpha value is -17.5. The van der Waals surface area contributed by atoms with Crippen molar-refractivity contribution in [3.05, 3.63) is 442 Å². The van der Waals surface area contributed by atoms with Gasteiger partial charge < -0.3 is 4.42 Å². The van der Waals surface area contributed by atoms with Crippen molar-refractivity contribution < 1.29 is 4.42 Å². The molecule has 5 aromatic heterocycles. The summed E-state index contributed by atoms with van der Waals surface area (Å²) in [7, 11) is 0. The summed E-state index contributed by atoms with van der Waals surface area (Å²) in [5.74, 6) is 5.94. The van der Waals surface area contributed by atoms with Crippen LogP contribution >= 0.6 is 11.3 Å². The van der Waals surface area contributed by atoms with Crippen LogP contribution < -0.4 is 0 Å². The third-order valence-corrected chi connectivity index (χ3v) is 28.2. The number of furan rings is 1. The van der Waals surface area contributed by atoms with Crippen LogP contribution in [0.1, 0.15) is 25.0 Å². The predicted molar refractivity (Wildman–Crippen MR) is 561 cm³/mol. The molecule has 5 heterocycles. The molecule has 630 valence electrons. The van der Waals surface area contributed by atoms with Gasteiger partial charge in [-0.15, -0.1) is 11.3 Å². The van der Waals surface area contributed by atoms with Crippen LogP contribution in [0.5, 0.6) is 0 Å². The summed E-state index contributed by atoms with van der Waals surface area (Å²) in [6.07, 6.45) is 0. The Balaban J connectivity index is 0.000000105. The SMILES string of the molecule is CC1(C)c2ccccc2-c2cc3c(ccc4ccc5cc(-c6nc(-c7ccccc7)nc(-c7ccccc7)n6)ccc5c43)cc21.c1ccc(-c2nc(-c3ccc4ccccc4c3)nc(-c3ccc4c(ccc5ccc6c(ccc7sc8ccccc8c76)c54)c3)n2)cc1.c1ccc(-c2nc(-c3ccccc3)nc(-c3ccc4c(ccc5ccc6ccc7c8ccccc8oc7c6c54)c3)n2)cc1. The highest BCUT2D eigenvalue weighted by molar-refractivity contribution is 7.26. The van der Waals surface area contributed by atoms with Crippen molar-refractivity contribution >= 4 is 161 Å². The molecule has 0 saturated heterocycles. The zero-order valence-corrected chi connectivity index (χ0v) is 74.1. The van der Waals surface area contributed by atoms with Crippen LogP contribution in [0.2, 0.25) is 0 Å². The molecule has 10 nitrogen and oxygen atoms in total. The molecule has 0 radical (unpaired) electrons. The van der Waals surface area contributed by atoms with Gasteiger partial charge in [-0.3, -0.25) is 0 Å². The molecule has 28 rings (SSSR count). The number of hydrogen-bond donors (Lipinski definition) is 0.